The molecule has 0 fully saturated rings. The van der Waals surface area contributed by atoms with E-state index < -0.39 is 15.8 Å². The molecule has 0 unspecified atom stereocenters. The minimum absolute atomic E-state index is 0.00952. The van der Waals surface area contributed by atoms with Crippen molar-refractivity contribution >= 4 is 21.4 Å². The zero-order valence-corrected chi connectivity index (χ0v) is 15.9. The Kier molecular flexibility index (Phi) is 5.16. The predicted octanol–water partition coefficient (Wildman–Crippen LogP) is 2.67. The van der Waals surface area contributed by atoms with Gasteiger partial charge >= 0.3 is 10.4 Å². The van der Waals surface area contributed by atoms with Crippen molar-refractivity contribution < 1.29 is 35.8 Å². The van der Waals surface area contributed by atoms with Gasteiger partial charge in [0.2, 0.25) is 0 Å². The fourth-order valence-electron chi connectivity index (χ4n) is 2.69. The lowest BCUT2D eigenvalue weighted by atomic mass is 10.1. The Morgan fingerprint density at radius 3 is 2.18 bits per heavy atom. The highest BCUT2D eigenvalue weighted by Crippen LogP contribution is 2.35. The normalized spacial score (nSPS) is 11.3. The number of fused-ring (bicyclic) bond motifs is 1. The second-order valence-corrected chi connectivity index (χ2v) is 6.58. The van der Waals surface area contributed by atoms with Crippen LogP contribution in [0.3, 0.4) is 0 Å². The van der Waals surface area contributed by atoms with E-state index in [2.05, 4.69) is 4.18 Å². The summed E-state index contributed by atoms with van der Waals surface area (Å²) in [5.41, 5.74) is 0.119. The standard InChI is InChI=1S/C18H16O9S/c1-23-13-5-4-10(6-15(13)24-2)14-9-12(19)18-16(25-3)7-11(8-17(18)26-14)27-28(20,21)22/h4-9H,1-3H3,(H,20,21,22). The van der Waals surface area contributed by atoms with Gasteiger partial charge in [0.25, 0.3) is 0 Å². The minimum Gasteiger partial charge on any atom is -0.496 e. The molecule has 0 aliphatic carbocycles. The Labute approximate surface area is 160 Å². The van der Waals surface area contributed by atoms with E-state index in [1.165, 1.54) is 27.4 Å². The molecule has 3 aromatic rings. The topological polar surface area (TPSA) is 122 Å². The summed E-state index contributed by atoms with van der Waals surface area (Å²) >= 11 is 0. The second-order valence-electron chi connectivity index (χ2n) is 5.55. The van der Waals surface area contributed by atoms with Gasteiger partial charge in [-0.1, -0.05) is 0 Å². The highest BCUT2D eigenvalue weighted by Gasteiger charge is 2.17. The summed E-state index contributed by atoms with van der Waals surface area (Å²) in [5, 5.41) is 0.0921. The Bertz CT molecular complexity index is 1200. The van der Waals surface area contributed by atoms with Gasteiger partial charge < -0.3 is 22.8 Å². The van der Waals surface area contributed by atoms with Crippen molar-refractivity contribution in [3.8, 4) is 34.3 Å². The number of methoxy groups -OCH3 is 3. The smallest absolute Gasteiger partial charge is 0.446 e. The monoisotopic (exact) mass is 408 g/mol. The maximum absolute atomic E-state index is 12.6. The molecule has 1 heterocycles. The largest absolute Gasteiger partial charge is 0.496 e. The van der Waals surface area contributed by atoms with E-state index in [-0.39, 0.29) is 28.2 Å². The van der Waals surface area contributed by atoms with Gasteiger partial charge in [-0.15, -0.1) is 0 Å². The van der Waals surface area contributed by atoms with Crippen LogP contribution in [0.25, 0.3) is 22.3 Å². The molecule has 0 aliphatic heterocycles. The van der Waals surface area contributed by atoms with Gasteiger partial charge in [-0.3, -0.25) is 9.35 Å². The van der Waals surface area contributed by atoms with E-state index in [1.807, 2.05) is 0 Å². The van der Waals surface area contributed by atoms with Crippen molar-refractivity contribution in [1.82, 2.24) is 0 Å². The van der Waals surface area contributed by atoms with Crippen LogP contribution in [0.1, 0.15) is 0 Å². The number of benzene rings is 2. The van der Waals surface area contributed by atoms with Gasteiger partial charge in [0.05, 0.1) is 21.3 Å². The van der Waals surface area contributed by atoms with E-state index >= 15 is 0 Å². The predicted molar refractivity (Wildman–Crippen MR) is 99.8 cm³/mol. The van der Waals surface area contributed by atoms with E-state index in [0.29, 0.717) is 17.1 Å². The first-order valence-electron chi connectivity index (χ1n) is 7.81. The van der Waals surface area contributed by atoms with Crippen LogP contribution in [0.15, 0.2) is 45.6 Å². The molecule has 0 saturated carbocycles. The molecule has 0 atom stereocenters. The van der Waals surface area contributed by atoms with Crippen LogP contribution in [0.4, 0.5) is 0 Å². The average Bonchev–Trinajstić information content (AvgIpc) is 2.64. The van der Waals surface area contributed by atoms with E-state index in [0.717, 1.165) is 12.1 Å². The van der Waals surface area contributed by atoms with E-state index in [9.17, 15) is 13.2 Å². The van der Waals surface area contributed by atoms with Crippen LogP contribution in [0, 0.1) is 0 Å². The third-order valence-electron chi connectivity index (χ3n) is 3.86. The van der Waals surface area contributed by atoms with Gasteiger partial charge in [0.1, 0.15) is 22.5 Å². The lowest BCUT2D eigenvalue weighted by molar-refractivity contribution is 0.355. The molecule has 148 valence electrons. The molecule has 2 aromatic carbocycles. The summed E-state index contributed by atoms with van der Waals surface area (Å²) in [7, 11) is -0.495. The molecule has 9 nitrogen and oxygen atoms in total. The number of hydrogen-bond donors (Lipinski definition) is 1. The molecule has 0 bridgehead atoms. The first kappa shape index (κ1) is 19.5. The minimum atomic E-state index is -4.77. The summed E-state index contributed by atoms with van der Waals surface area (Å²) in [5.74, 6) is 0.886. The summed E-state index contributed by atoms with van der Waals surface area (Å²) < 4.78 is 56.7. The molecule has 3 rings (SSSR count). The quantitative estimate of drug-likeness (QED) is 0.613. The highest BCUT2D eigenvalue weighted by atomic mass is 32.3. The molecule has 0 saturated heterocycles. The Morgan fingerprint density at radius 1 is 0.893 bits per heavy atom. The first-order chi connectivity index (χ1) is 13.3. The van der Waals surface area contributed by atoms with Gasteiger partial charge in [0, 0.05) is 23.8 Å². The maximum Gasteiger partial charge on any atom is 0.446 e. The Balaban J connectivity index is 2.22. The van der Waals surface area contributed by atoms with Crippen molar-refractivity contribution in [3.05, 3.63) is 46.6 Å². The van der Waals surface area contributed by atoms with Crippen LogP contribution in [-0.4, -0.2) is 34.3 Å². The van der Waals surface area contributed by atoms with Crippen LogP contribution < -0.4 is 23.8 Å². The van der Waals surface area contributed by atoms with Crippen LogP contribution >= 0.6 is 0 Å². The first-order valence-corrected chi connectivity index (χ1v) is 9.17. The van der Waals surface area contributed by atoms with Crippen LogP contribution in [0.2, 0.25) is 0 Å². The summed E-state index contributed by atoms with van der Waals surface area (Å²) in [6.07, 6.45) is 0. The molecule has 10 heteroatoms. The number of hydrogen-bond acceptors (Lipinski definition) is 8. The molecule has 0 radical (unpaired) electrons. The van der Waals surface area contributed by atoms with Crippen molar-refractivity contribution in [2.24, 2.45) is 0 Å². The Hall–Kier alpha value is -3.24. The summed E-state index contributed by atoms with van der Waals surface area (Å²) in [6.45, 7) is 0. The van der Waals surface area contributed by atoms with Crippen LogP contribution in [-0.2, 0) is 10.4 Å². The van der Waals surface area contributed by atoms with Gasteiger partial charge in [0.15, 0.2) is 22.7 Å². The fraction of sp³-hybridized carbons (Fsp3) is 0.167. The molecule has 0 amide bonds. The van der Waals surface area contributed by atoms with E-state index in [4.69, 9.17) is 23.2 Å². The average molecular weight is 408 g/mol. The summed E-state index contributed by atoms with van der Waals surface area (Å²) in [4.78, 5) is 12.6. The lowest BCUT2D eigenvalue weighted by Crippen LogP contribution is -2.08. The second kappa shape index (κ2) is 7.41. The maximum atomic E-state index is 12.6. The summed E-state index contributed by atoms with van der Waals surface area (Å²) in [6, 6.07) is 8.53. The van der Waals surface area contributed by atoms with E-state index in [1.54, 1.807) is 18.2 Å². The van der Waals surface area contributed by atoms with Gasteiger partial charge in [-0.25, -0.2) is 0 Å². The van der Waals surface area contributed by atoms with Crippen molar-refractivity contribution in [2.45, 2.75) is 0 Å². The highest BCUT2D eigenvalue weighted by molar-refractivity contribution is 7.81. The zero-order valence-electron chi connectivity index (χ0n) is 15.1. The molecule has 0 spiro atoms. The molecule has 28 heavy (non-hydrogen) atoms. The zero-order chi connectivity index (χ0) is 20.5. The fourth-order valence-corrected chi connectivity index (χ4v) is 3.03. The SMILES string of the molecule is COc1ccc(-c2cc(=O)c3c(OC)cc(OS(=O)(=O)O)cc3o2)cc1OC. The Morgan fingerprint density at radius 2 is 1.57 bits per heavy atom. The molecule has 1 aromatic heterocycles. The lowest BCUT2D eigenvalue weighted by Gasteiger charge is -2.11. The molecule has 1 N–H and O–H groups in total. The van der Waals surface area contributed by atoms with Crippen molar-refractivity contribution in [2.75, 3.05) is 21.3 Å². The molecule has 0 aliphatic rings. The van der Waals surface area contributed by atoms with Gasteiger partial charge in [-0.05, 0) is 18.2 Å². The van der Waals surface area contributed by atoms with Crippen molar-refractivity contribution in [1.29, 1.82) is 0 Å². The molecular formula is C18H16O9S. The van der Waals surface area contributed by atoms with Crippen LogP contribution in [0.5, 0.6) is 23.0 Å². The third kappa shape index (κ3) is 3.87. The third-order valence-corrected chi connectivity index (χ3v) is 4.26. The van der Waals surface area contributed by atoms with Crippen molar-refractivity contribution in [3.63, 3.8) is 0 Å². The number of ether oxygens (including phenoxy) is 3. The molecular weight excluding hydrogens is 392 g/mol. The van der Waals surface area contributed by atoms with Gasteiger partial charge in [-0.2, -0.15) is 8.42 Å². The number of rotatable bonds is 6.